The number of carboxylic acid groups (broad SMARTS) is 1. The van der Waals surface area contributed by atoms with Gasteiger partial charge < -0.3 is 15.7 Å². The van der Waals surface area contributed by atoms with Crippen molar-refractivity contribution in [2.45, 2.75) is 24.2 Å². The van der Waals surface area contributed by atoms with Crippen LogP contribution < -0.4 is 10.6 Å². The molecule has 0 aromatic heterocycles. The van der Waals surface area contributed by atoms with Crippen molar-refractivity contribution < 1.29 is 23.1 Å². The molecule has 8 heteroatoms. The van der Waals surface area contributed by atoms with E-state index in [1.54, 1.807) is 12.1 Å². The fourth-order valence-corrected chi connectivity index (χ4v) is 3.68. The van der Waals surface area contributed by atoms with Crippen LogP contribution in [0.4, 0.5) is 10.5 Å². The highest BCUT2D eigenvalue weighted by Crippen LogP contribution is 2.28. The van der Waals surface area contributed by atoms with Crippen LogP contribution in [0.3, 0.4) is 0 Å². The summed E-state index contributed by atoms with van der Waals surface area (Å²) in [6.07, 6.45) is 0.817. The van der Waals surface area contributed by atoms with Gasteiger partial charge in [0.05, 0.1) is 10.6 Å². The van der Waals surface area contributed by atoms with Crippen molar-refractivity contribution >= 4 is 27.5 Å². The SMILES string of the molecule is O=C(O)CCCNC(=O)Nc1ccc2c(c1)S(=O)(=O)CC2. The predicted octanol–water partition coefficient (Wildman–Crippen LogP) is 1.00. The van der Waals surface area contributed by atoms with E-state index in [0.717, 1.165) is 5.56 Å². The molecule has 7 nitrogen and oxygen atoms in total. The molecule has 21 heavy (non-hydrogen) atoms. The molecule has 1 heterocycles. The van der Waals surface area contributed by atoms with E-state index in [2.05, 4.69) is 10.6 Å². The molecule has 0 radical (unpaired) electrons. The number of sulfone groups is 1. The number of benzene rings is 1. The molecular formula is C13H16N2O5S. The number of anilines is 1. The second-order valence-electron chi connectivity index (χ2n) is 4.77. The van der Waals surface area contributed by atoms with Crippen molar-refractivity contribution in [1.82, 2.24) is 5.32 Å². The van der Waals surface area contributed by atoms with E-state index in [4.69, 9.17) is 5.11 Å². The van der Waals surface area contributed by atoms with Crippen molar-refractivity contribution in [2.75, 3.05) is 17.6 Å². The number of urea groups is 1. The number of aliphatic carboxylic acids is 1. The summed E-state index contributed by atoms with van der Waals surface area (Å²) in [6.45, 7) is 0.237. The van der Waals surface area contributed by atoms with Gasteiger partial charge in [0.15, 0.2) is 9.84 Å². The van der Waals surface area contributed by atoms with E-state index in [1.165, 1.54) is 6.07 Å². The van der Waals surface area contributed by atoms with E-state index >= 15 is 0 Å². The maximum atomic E-state index is 11.8. The number of fused-ring (bicyclic) bond motifs is 1. The lowest BCUT2D eigenvalue weighted by molar-refractivity contribution is -0.137. The standard InChI is InChI=1S/C13H16N2O5S/c16-12(17)2-1-6-14-13(18)15-10-4-3-9-5-7-21(19,20)11(9)8-10/h3-4,8H,1-2,5-7H2,(H,16,17)(H2,14,15,18). The van der Waals surface area contributed by atoms with Gasteiger partial charge in [-0.25, -0.2) is 13.2 Å². The molecule has 0 bridgehead atoms. The molecular weight excluding hydrogens is 296 g/mol. The fourth-order valence-electron chi connectivity index (χ4n) is 2.10. The summed E-state index contributed by atoms with van der Waals surface area (Å²) in [4.78, 5) is 22.2. The molecule has 0 aliphatic carbocycles. The molecule has 0 unspecified atom stereocenters. The number of nitrogens with one attached hydrogen (secondary N) is 2. The molecule has 1 aliphatic rings. The van der Waals surface area contributed by atoms with Crippen LogP contribution in [0.2, 0.25) is 0 Å². The lowest BCUT2D eigenvalue weighted by Gasteiger charge is -2.08. The minimum atomic E-state index is -3.23. The van der Waals surface area contributed by atoms with Crippen molar-refractivity contribution in [3.05, 3.63) is 23.8 Å². The van der Waals surface area contributed by atoms with Crippen LogP contribution >= 0.6 is 0 Å². The van der Waals surface area contributed by atoms with E-state index in [-0.39, 0.29) is 23.6 Å². The minimum absolute atomic E-state index is 0.0165. The van der Waals surface area contributed by atoms with Gasteiger partial charge in [-0.3, -0.25) is 4.79 Å². The zero-order chi connectivity index (χ0) is 15.5. The van der Waals surface area contributed by atoms with Gasteiger partial charge in [0.25, 0.3) is 0 Å². The summed E-state index contributed by atoms with van der Waals surface area (Å²) in [5.41, 5.74) is 1.16. The molecule has 0 atom stereocenters. The number of rotatable bonds is 5. The van der Waals surface area contributed by atoms with E-state index in [1.807, 2.05) is 0 Å². The number of amides is 2. The van der Waals surface area contributed by atoms with Crippen LogP contribution in [0.15, 0.2) is 23.1 Å². The monoisotopic (exact) mass is 312 g/mol. The Morgan fingerprint density at radius 2 is 2.05 bits per heavy atom. The third-order valence-electron chi connectivity index (χ3n) is 3.15. The normalized spacial score (nSPS) is 15.2. The Morgan fingerprint density at radius 1 is 1.29 bits per heavy atom. The van der Waals surface area contributed by atoms with Crippen molar-refractivity contribution in [3.63, 3.8) is 0 Å². The van der Waals surface area contributed by atoms with Gasteiger partial charge in [0, 0.05) is 18.7 Å². The molecule has 1 aliphatic heterocycles. The molecule has 0 saturated carbocycles. The predicted molar refractivity (Wildman–Crippen MR) is 76.1 cm³/mol. The highest BCUT2D eigenvalue weighted by molar-refractivity contribution is 7.91. The molecule has 114 valence electrons. The van der Waals surface area contributed by atoms with E-state index in [9.17, 15) is 18.0 Å². The van der Waals surface area contributed by atoms with Crippen LogP contribution in [0.1, 0.15) is 18.4 Å². The Morgan fingerprint density at radius 3 is 2.76 bits per heavy atom. The van der Waals surface area contributed by atoms with Gasteiger partial charge in [-0.05, 0) is 30.5 Å². The first-order chi connectivity index (χ1) is 9.88. The first-order valence-electron chi connectivity index (χ1n) is 6.51. The lowest BCUT2D eigenvalue weighted by atomic mass is 10.1. The molecule has 1 aromatic carbocycles. The first kappa shape index (κ1) is 15.3. The second-order valence-corrected chi connectivity index (χ2v) is 6.85. The summed E-state index contributed by atoms with van der Waals surface area (Å²) in [6, 6.07) is 4.31. The number of hydrogen-bond donors (Lipinski definition) is 3. The molecule has 1 aromatic rings. The third-order valence-corrected chi connectivity index (χ3v) is 4.94. The number of aryl methyl sites for hydroxylation is 1. The average Bonchev–Trinajstić information content (AvgIpc) is 2.71. The first-order valence-corrected chi connectivity index (χ1v) is 8.16. The van der Waals surface area contributed by atoms with Crippen LogP contribution in [-0.2, 0) is 21.1 Å². The van der Waals surface area contributed by atoms with Gasteiger partial charge >= 0.3 is 12.0 Å². The fraction of sp³-hybridized carbons (Fsp3) is 0.385. The van der Waals surface area contributed by atoms with Gasteiger partial charge in [-0.1, -0.05) is 6.07 Å². The smallest absolute Gasteiger partial charge is 0.319 e. The lowest BCUT2D eigenvalue weighted by Crippen LogP contribution is -2.29. The Labute approximate surface area is 122 Å². The number of carbonyl (C=O) groups is 2. The largest absolute Gasteiger partial charge is 0.481 e. The van der Waals surface area contributed by atoms with E-state index < -0.39 is 21.8 Å². The summed E-state index contributed by atoms with van der Waals surface area (Å²) >= 11 is 0. The Kier molecular flexibility index (Phi) is 4.46. The summed E-state index contributed by atoms with van der Waals surface area (Å²) in [5, 5.41) is 13.5. The maximum Gasteiger partial charge on any atom is 0.319 e. The number of carbonyl (C=O) groups excluding carboxylic acids is 1. The summed E-state index contributed by atoms with van der Waals surface area (Å²) < 4.78 is 23.6. The van der Waals surface area contributed by atoms with Gasteiger partial charge in [-0.2, -0.15) is 0 Å². The number of hydrogen-bond acceptors (Lipinski definition) is 4. The zero-order valence-electron chi connectivity index (χ0n) is 11.3. The topological polar surface area (TPSA) is 113 Å². The minimum Gasteiger partial charge on any atom is -0.481 e. The molecule has 2 amide bonds. The van der Waals surface area contributed by atoms with Crippen molar-refractivity contribution in [3.8, 4) is 0 Å². The number of carboxylic acids is 1. The summed E-state index contributed by atoms with van der Waals surface area (Å²) in [7, 11) is -3.23. The maximum absolute atomic E-state index is 11.8. The van der Waals surface area contributed by atoms with Crippen LogP contribution in [0.5, 0.6) is 0 Å². The Bertz CT molecular complexity index is 669. The molecule has 0 saturated heterocycles. The van der Waals surface area contributed by atoms with Crippen molar-refractivity contribution in [1.29, 1.82) is 0 Å². The highest BCUT2D eigenvalue weighted by Gasteiger charge is 2.26. The zero-order valence-corrected chi connectivity index (χ0v) is 12.1. The van der Waals surface area contributed by atoms with Crippen LogP contribution in [0, 0.1) is 0 Å². The van der Waals surface area contributed by atoms with Gasteiger partial charge in [0.1, 0.15) is 0 Å². The highest BCUT2D eigenvalue weighted by atomic mass is 32.2. The van der Waals surface area contributed by atoms with Crippen LogP contribution in [0.25, 0.3) is 0 Å². The third kappa shape index (κ3) is 3.94. The molecule has 3 N–H and O–H groups in total. The summed E-state index contributed by atoms with van der Waals surface area (Å²) in [5.74, 6) is -0.811. The molecule has 2 rings (SSSR count). The second kappa shape index (κ2) is 6.13. The quantitative estimate of drug-likeness (QED) is 0.702. The average molecular weight is 312 g/mol. The van der Waals surface area contributed by atoms with Gasteiger partial charge in [0.2, 0.25) is 0 Å². The molecule has 0 fully saturated rings. The Hall–Kier alpha value is -2.09. The molecule has 0 spiro atoms. The van der Waals surface area contributed by atoms with Crippen molar-refractivity contribution in [2.24, 2.45) is 0 Å². The van der Waals surface area contributed by atoms with E-state index in [0.29, 0.717) is 18.5 Å². The van der Waals surface area contributed by atoms with Gasteiger partial charge in [-0.15, -0.1) is 0 Å². The Balaban J connectivity index is 1.92. The van der Waals surface area contributed by atoms with Crippen LogP contribution in [-0.4, -0.2) is 37.8 Å².